The predicted molar refractivity (Wildman–Crippen MR) is 436 cm³/mol. The van der Waals surface area contributed by atoms with Crippen molar-refractivity contribution < 1.29 is 142 Å². The van der Waals surface area contributed by atoms with Crippen molar-refractivity contribution in [3.8, 4) is 86.9 Å². The summed E-state index contributed by atoms with van der Waals surface area (Å²) in [7, 11) is 1.50. The normalized spacial score (nSPS) is 12.3. The van der Waals surface area contributed by atoms with Gasteiger partial charge in [0.25, 0.3) is 5.91 Å². The standard InChI is InChI=1S/2C17H15ClF3NO4.C16H14ClF3N2O3.C16H13ClF3NO3.C16H15ClF3NO2.2CH4/c1-10(9-24-11(2)23)25-13-3-5-14(6-4-13)26-16-15(18)7-12(8-22-16)17(19,20)21;1-3-24-16(23)10(2)25-12-4-6-13(7-5-12)26-15-14(18)8-11(9-22-15)17(19,20)21;1-9(14(23)21-2)24-11-3-5-12(6-4-11)25-15-13(17)7-10(8-22-15)16(18,19)20;1-9(22)10(2)23-12-3-5-13(6-4-12)24-15-14(16(18,19)20)7-11(17)8-21-15;1-3-10(2)22-12-4-6-13(7-5-12)23-15-14(17)8-11(9-21-15)16(18,19)20;;/h3-8,10H,9H2,1-2H3;4-10H,3H2,1-2H3;3-9H,1-2H3,(H,21,23);3-8,10H,1-2H3;4-10H,3H2,1-2H3;2*1H4. The van der Waals surface area contributed by atoms with E-state index in [1.807, 2.05) is 13.8 Å². The Morgan fingerprint density at radius 1 is 0.357 bits per heavy atom. The van der Waals surface area contributed by atoms with Gasteiger partial charge in [-0.25, -0.2) is 29.7 Å². The lowest BCUT2D eigenvalue weighted by Crippen LogP contribution is -2.33. The van der Waals surface area contributed by atoms with Crippen molar-refractivity contribution in [2.75, 3.05) is 20.3 Å². The van der Waals surface area contributed by atoms with Crippen LogP contribution in [0.3, 0.4) is 0 Å². The first-order valence-corrected chi connectivity index (χ1v) is 37.8. The minimum atomic E-state index is -4.65. The number of likely N-dealkylation sites (N-methyl/N-ethyl adjacent to an activating group) is 1. The molecule has 10 rings (SSSR count). The molecule has 0 bridgehead atoms. The Morgan fingerprint density at radius 2 is 0.627 bits per heavy atom. The molecule has 0 radical (unpaired) electrons. The molecule has 5 heterocycles. The predicted octanol–water partition coefficient (Wildman–Crippen LogP) is 25.7. The lowest BCUT2D eigenvalue weighted by molar-refractivity contribution is -0.150. The SMILES string of the molecule is C.C.CC(=O)C(C)Oc1ccc(Oc2ncc(Cl)cc2C(F)(F)F)cc1.CC(=O)OCC(C)Oc1ccc(Oc2ncc(C(F)(F)F)cc2Cl)cc1.CCC(C)Oc1ccc(Oc2ncc(C(F)(F)F)cc2Cl)cc1.CCOC(=O)C(C)Oc1ccc(Oc2ncc(C(F)(F)F)cc2Cl)cc1.CNC(=O)C(C)Oc1ccc(Oc2ncc(C(F)(F)F)cc2Cl)cc1. The molecule has 5 aromatic heterocycles. The molecule has 0 fully saturated rings. The van der Waals surface area contributed by atoms with Gasteiger partial charge in [0.2, 0.25) is 29.4 Å². The van der Waals surface area contributed by atoms with Crippen LogP contribution in [0.15, 0.2) is 183 Å². The molecular weight excluding hydrogens is 1810 g/mol. The summed E-state index contributed by atoms with van der Waals surface area (Å²) in [6.45, 7) is 15.2. The number of carbonyl (C=O) groups excluding carboxylic acids is 4. The van der Waals surface area contributed by atoms with Crippen molar-refractivity contribution in [2.24, 2.45) is 0 Å². The van der Waals surface area contributed by atoms with E-state index in [2.05, 4.69) is 30.2 Å². The van der Waals surface area contributed by atoms with Crippen molar-refractivity contribution in [2.45, 2.75) is 145 Å². The zero-order valence-corrected chi connectivity index (χ0v) is 69.9. The maximum atomic E-state index is 13.0. The first kappa shape index (κ1) is 107. The third-order valence-electron chi connectivity index (χ3n) is 15.4. The Balaban J connectivity index is 0.000000329. The van der Waals surface area contributed by atoms with Gasteiger partial charge in [-0.15, -0.1) is 0 Å². The zero-order valence-electron chi connectivity index (χ0n) is 66.2. The minimum Gasteiger partial charge on any atom is -0.491 e. The fourth-order valence-electron chi connectivity index (χ4n) is 8.90. The van der Waals surface area contributed by atoms with Crippen LogP contribution >= 0.6 is 58.0 Å². The molecule has 0 spiro atoms. The Morgan fingerprint density at radius 3 is 0.889 bits per heavy atom. The smallest absolute Gasteiger partial charge is 0.421 e. The summed E-state index contributed by atoms with van der Waals surface area (Å²) < 4.78 is 254. The summed E-state index contributed by atoms with van der Waals surface area (Å²) in [5.74, 6) is 1.39. The van der Waals surface area contributed by atoms with E-state index < -0.39 is 94.8 Å². The summed E-state index contributed by atoms with van der Waals surface area (Å²) in [5, 5.41) is 1.33. The highest BCUT2D eigenvalue weighted by Crippen LogP contribution is 2.42. The number of rotatable bonds is 27. The maximum Gasteiger partial charge on any atom is 0.421 e. The van der Waals surface area contributed by atoms with Crippen molar-refractivity contribution in [3.05, 3.63) is 236 Å². The number of hydrogen-bond acceptors (Lipinski definition) is 21. The second-order valence-corrected chi connectivity index (χ2v) is 27.3. The fraction of sp³-hybridized carbons (Fsp3) is 0.298. The number of esters is 2. The van der Waals surface area contributed by atoms with E-state index in [1.54, 1.807) is 95.3 Å². The highest BCUT2D eigenvalue weighted by molar-refractivity contribution is 6.33. The summed E-state index contributed by atoms with van der Waals surface area (Å²) in [5.41, 5.74) is -4.88. The number of ether oxygens (including phenoxy) is 12. The third kappa shape index (κ3) is 35.8. The molecule has 5 atom stereocenters. The molecule has 22 nitrogen and oxygen atoms in total. The zero-order chi connectivity index (χ0) is 92.2. The van der Waals surface area contributed by atoms with E-state index in [0.717, 1.165) is 42.9 Å². The number of amides is 1. The summed E-state index contributed by atoms with van der Waals surface area (Å²) in [4.78, 5) is 62.8. The monoisotopic (exact) mass is 1890 g/mol. The van der Waals surface area contributed by atoms with Crippen molar-refractivity contribution in [1.82, 2.24) is 30.2 Å². The Kier molecular flexibility index (Phi) is 41.2. The van der Waals surface area contributed by atoms with E-state index in [4.69, 9.17) is 115 Å². The van der Waals surface area contributed by atoms with E-state index >= 15 is 0 Å². The average Bonchev–Trinajstić information content (AvgIpc) is 0.810. The number of carbonyl (C=O) groups is 4. The molecule has 0 aliphatic rings. The Bertz CT molecular complexity index is 5150. The van der Waals surface area contributed by atoms with Gasteiger partial charge in [-0.1, -0.05) is 79.8 Å². The number of aromatic nitrogens is 5. The molecule has 42 heteroatoms. The Hall–Kier alpha value is -11.7. The van der Waals surface area contributed by atoms with Gasteiger partial charge in [0.1, 0.15) is 95.9 Å². The number of benzene rings is 5. The second-order valence-electron chi connectivity index (χ2n) is 25.2. The van der Waals surface area contributed by atoms with Gasteiger partial charge in [-0.05, 0) is 207 Å². The molecule has 0 saturated carbocycles. The van der Waals surface area contributed by atoms with Crippen LogP contribution in [0, 0.1) is 0 Å². The van der Waals surface area contributed by atoms with Gasteiger partial charge < -0.3 is 62.2 Å². The van der Waals surface area contributed by atoms with E-state index in [1.165, 1.54) is 81.6 Å². The van der Waals surface area contributed by atoms with Gasteiger partial charge in [0.15, 0.2) is 24.1 Å². The lowest BCUT2D eigenvalue weighted by atomic mass is 10.2. The number of nitrogens with one attached hydrogen (secondary N) is 1. The molecule has 10 aromatic rings. The van der Waals surface area contributed by atoms with Crippen LogP contribution in [-0.2, 0) is 59.5 Å². The number of halogens is 20. The van der Waals surface area contributed by atoms with Gasteiger partial charge in [0.05, 0.1) is 40.0 Å². The highest BCUT2D eigenvalue weighted by atomic mass is 35.5. The average molecular weight is 1890 g/mol. The summed E-state index contributed by atoms with van der Waals surface area (Å²) >= 11 is 28.7. The Labute approximate surface area is 737 Å². The molecule has 1 N–H and O–H groups in total. The van der Waals surface area contributed by atoms with Crippen LogP contribution in [0.1, 0.15) is 111 Å². The van der Waals surface area contributed by atoms with Crippen molar-refractivity contribution in [3.63, 3.8) is 0 Å². The molecule has 0 aliphatic carbocycles. The molecule has 5 unspecified atom stereocenters. The number of nitrogens with zero attached hydrogens (tertiary/aromatic N) is 5. The number of alkyl halides is 15. The minimum absolute atomic E-state index is 0. The lowest BCUT2D eigenvalue weighted by Gasteiger charge is -2.15. The van der Waals surface area contributed by atoms with E-state index in [9.17, 15) is 85.0 Å². The van der Waals surface area contributed by atoms with Gasteiger partial charge in [-0.3, -0.25) is 14.4 Å². The van der Waals surface area contributed by atoms with Crippen LogP contribution in [0.25, 0.3) is 0 Å². The second kappa shape index (κ2) is 48.7. The molecular formula is C84H80Cl5F15N6O16. The van der Waals surface area contributed by atoms with E-state index in [0.29, 0.717) is 70.8 Å². The largest absolute Gasteiger partial charge is 0.491 e. The third-order valence-corrected chi connectivity index (χ3v) is 16.7. The van der Waals surface area contributed by atoms with Crippen molar-refractivity contribution in [1.29, 1.82) is 0 Å². The first-order chi connectivity index (χ1) is 58.0. The molecule has 5 aromatic carbocycles. The highest BCUT2D eigenvalue weighted by Gasteiger charge is 2.38. The van der Waals surface area contributed by atoms with Crippen LogP contribution in [-0.4, -0.2) is 99.3 Å². The number of hydrogen-bond donors (Lipinski definition) is 1. The molecule has 1 amide bonds. The van der Waals surface area contributed by atoms with Crippen LogP contribution < -0.4 is 52.7 Å². The maximum absolute atomic E-state index is 13.0. The molecule has 682 valence electrons. The first-order valence-electron chi connectivity index (χ1n) is 35.9. The number of pyridine rings is 5. The molecule has 0 saturated heterocycles. The number of Topliss-reactive ketones (excluding diaryl/α,β-unsaturated/α-hetero) is 1. The van der Waals surface area contributed by atoms with Gasteiger partial charge >= 0.3 is 42.8 Å². The van der Waals surface area contributed by atoms with Crippen LogP contribution in [0.5, 0.6) is 86.9 Å². The molecule has 126 heavy (non-hydrogen) atoms. The fourth-order valence-corrected chi connectivity index (χ4v) is 9.88. The molecule has 0 aliphatic heterocycles. The summed E-state index contributed by atoms with van der Waals surface area (Å²) in [6.07, 6.45) is -20.5. The van der Waals surface area contributed by atoms with Gasteiger partial charge in [-0.2, -0.15) is 65.9 Å². The van der Waals surface area contributed by atoms with E-state index in [-0.39, 0.29) is 112 Å². The topological polar surface area (TPSA) is 256 Å². The summed E-state index contributed by atoms with van der Waals surface area (Å²) in [6, 6.07) is 34.7. The van der Waals surface area contributed by atoms with Crippen molar-refractivity contribution >= 4 is 81.6 Å². The van der Waals surface area contributed by atoms with Gasteiger partial charge in [0, 0.05) is 45.0 Å². The quantitative estimate of drug-likeness (QED) is 0.0371. The van der Waals surface area contributed by atoms with Crippen LogP contribution in [0.2, 0.25) is 25.1 Å². The number of ketones is 1. The van der Waals surface area contributed by atoms with Crippen LogP contribution in [0.4, 0.5) is 65.9 Å².